The second kappa shape index (κ2) is 6.11. The summed E-state index contributed by atoms with van der Waals surface area (Å²) >= 11 is 3.46. The van der Waals surface area contributed by atoms with Crippen LogP contribution >= 0.6 is 15.9 Å². The molecule has 4 nitrogen and oxygen atoms in total. The maximum Gasteiger partial charge on any atom is 0.103 e. The molecule has 0 amide bonds. The van der Waals surface area contributed by atoms with Gasteiger partial charge in [-0.2, -0.15) is 0 Å². The summed E-state index contributed by atoms with van der Waals surface area (Å²) in [5.41, 5.74) is 4.35. The van der Waals surface area contributed by atoms with Crippen molar-refractivity contribution >= 4 is 37.7 Å². The van der Waals surface area contributed by atoms with Crippen LogP contribution in [0.25, 0.3) is 27.5 Å². The third-order valence-electron chi connectivity index (χ3n) is 4.63. The molecule has 26 heavy (non-hydrogen) atoms. The molecule has 5 heteroatoms. The van der Waals surface area contributed by atoms with Crippen LogP contribution in [0.2, 0.25) is 0 Å². The normalized spacial score (nSPS) is 11.4. The van der Waals surface area contributed by atoms with Crippen LogP contribution in [-0.4, -0.2) is 19.6 Å². The molecule has 0 radical (unpaired) electrons. The van der Waals surface area contributed by atoms with Gasteiger partial charge in [0.2, 0.25) is 0 Å². The second-order valence-corrected chi connectivity index (χ2v) is 7.17. The largest absolute Gasteiger partial charge is 0.334 e. The molecular weight excluding hydrogens is 388 g/mol. The van der Waals surface area contributed by atoms with E-state index in [1.54, 1.807) is 0 Å². The van der Waals surface area contributed by atoms with Gasteiger partial charge in [-0.05, 0) is 36.4 Å². The highest BCUT2D eigenvalue weighted by molar-refractivity contribution is 9.10. The molecule has 126 valence electrons. The Balaban J connectivity index is 1.58. The fourth-order valence-corrected chi connectivity index (χ4v) is 3.69. The molecule has 0 spiro atoms. The molecule has 2 heterocycles. The average molecular weight is 403 g/mol. The maximum atomic E-state index is 4.38. The summed E-state index contributed by atoms with van der Waals surface area (Å²) in [4.78, 5) is 0. The number of aromatic nitrogens is 4. The van der Waals surface area contributed by atoms with Gasteiger partial charge in [0.1, 0.15) is 5.69 Å². The third kappa shape index (κ3) is 2.52. The Bertz CT molecular complexity index is 1160. The average Bonchev–Trinajstić information content (AvgIpc) is 3.27. The number of para-hydroxylation sites is 2. The van der Waals surface area contributed by atoms with Gasteiger partial charge in [-0.1, -0.05) is 57.5 Å². The molecule has 5 aromatic rings. The Hall–Kier alpha value is -2.92. The van der Waals surface area contributed by atoms with Gasteiger partial charge in [0, 0.05) is 26.3 Å². The van der Waals surface area contributed by atoms with Crippen molar-refractivity contribution in [1.29, 1.82) is 0 Å². The van der Waals surface area contributed by atoms with E-state index in [0.717, 1.165) is 15.9 Å². The molecule has 0 aliphatic heterocycles. The van der Waals surface area contributed by atoms with E-state index < -0.39 is 0 Å². The lowest BCUT2D eigenvalue weighted by atomic mass is 10.2. The van der Waals surface area contributed by atoms with Gasteiger partial charge in [-0.25, -0.2) is 4.68 Å². The molecule has 0 aliphatic carbocycles. The van der Waals surface area contributed by atoms with Gasteiger partial charge in [-0.15, -0.1) is 5.10 Å². The number of benzene rings is 3. The van der Waals surface area contributed by atoms with Crippen LogP contribution in [-0.2, 0) is 6.54 Å². The van der Waals surface area contributed by atoms with Crippen LogP contribution in [0.1, 0.15) is 5.69 Å². The second-order valence-electron chi connectivity index (χ2n) is 6.25. The number of fused-ring (bicyclic) bond motifs is 3. The predicted octanol–water partition coefficient (Wildman–Crippen LogP) is 5.19. The minimum absolute atomic E-state index is 0.685. The van der Waals surface area contributed by atoms with Gasteiger partial charge in [-0.3, -0.25) is 0 Å². The zero-order valence-electron chi connectivity index (χ0n) is 13.9. The van der Waals surface area contributed by atoms with Crippen molar-refractivity contribution in [3.05, 3.63) is 89.2 Å². The van der Waals surface area contributed by atoms with E-state index >= 15 is 0 Å². The topological polar surface area (TPSA) is 35.6 Å². The van der Waals surface area contributed by atoms with Crippen molar-refractivity contribution in [2.24, 2.45) is 0 Å². The standard InChI is InChI=1S/C21H15BrN4/c22-15-9-11-17(12-10-15)26-14-16(23-24-26)13-25-20-7-3-1-5-18(20)19-6-2-4-8-21(19)25/h1-12,14H,13H2. The molecule has 0 saturated heterocycles. The molecular formula is C21H15BrN4. The van der Waals surface area contributed by atoms with Crippen LogP contribution in [0.4, 0.5) is 0 Å². The van der Waals surface area contributed by atoms with E-state index in [4.69, 9.17) is 0 Å². The van der Waals surface area contributed by atoms with Crippen LogP contribution in [0, 0.1) is 0 Å². The molecule has 5 rings (SSSR count). The molecule has 0 unspecified atom stereocenters. The zero-order valence-corrected chi connectivity index (χ0v) is 15.5. The molecule has 0 aliphatic rings. The number of halogens is 1. The molecule has 0 N–H and O–H groups in total. The first-order chi connectivity index (χ1) is 12.8. The number of hydrogen-bond donors (Lipinski definition) is 0. The number of hydrogen-bond acceptors (Lipinski definition) is 2. The van der Waals surface area contributed by atoms with Crippen LogP contribution < -0.4 is 0 Å². The van der Waals surface area contributed by atoms with E-state index in [1.807, 2.05) is 35.1 Å². The van der Waals surface area contributed by atoms with E-state index in [0.29, 0.717) is 6.54 Å². The summed E-state index contributed by atoms with van der Waals surface area (Å²) in [5, 5.41) is 11.2. The van der Waals surface area contributed by atoms with E-state index in [-0.39, 0.29) is 0 Å². The number of rotatable bonds is 3. The Labute approximate surface area is 158 Å². The summed E-state index contributed by atoms with van der Waals surface area (Å²) in [5.74, 6) is 0. The smallest absolute Gasteiger partial charge is 0.103 e. The lowest BCUT2D eigenvalue weighted by molar-refractivity contribution is 0.783. The van der Waals surface area contributed by atoms with Crippen molar-refractivity contribution in [2.75, 3.05) is 0 Å². The van der Waals surface area contributed by atoms with E-state index in [9.17, 15) is 0 Å². The summed E-state index contributed by atoms with van der Waals surface area (Å²) in [7, 11) is 0. The van der Waals surface area contributed by atoms with Crippen LogP contribution in [0.3, 0.4) is 0 Å². The maximum absolute atomic E-state index is 4.38. The van der Waals surface area contributed by atoms with Crippen LogP contribution in [0.5, 0.6) is 0 Å². The van der Waals surface area contributed by atoms with Crippen molar-refractivity contribution < 1.29 is 0 Å². The number of nitrogens with zero attached hydrogens (tertiary/aromatic N) is 4. The van der Waals surface area contributed by atoms with Crippen LogP contribution in [0.15, 0.2) is 83.5 Å². The SMILES string of the molecule is Brc1ccc(-n2cc(Cn3c4ccccc4c4ccccc43)nn2)cc1. The summed E-state index contributed by atoms with van der Waals surface area (Å²) < 4.78 is 5.17. The molecule has 3 aromatic carbocycles. The predicted molar refractivity (Wildman–Crippen MR) is 108 cm³/mol. The lowest BCUT2D eigenvalue weighted by Gasteiger charge is -2.04. The molecule has 2 aromatic heterocycles. The van der Waals surface area contributed by atoms with Gasteiger partial charge >= 0.3 is 0 Å². The van der Waals surface area contributed by atoms with Gasteiger partial charge in [0.05, 0.1) is 18.4 Å². The van der Waals surface area contributed by atoms with Gasteiger partial charge in [0.25, 0.3) is 0 Å². The van der Waals surface area contributed by atoms with E-state index in [2.05, 4.69) is 79.3 Å². The lowest BCUT2D eigenvalue weighted by Crippen LogP contribution is -1.99. The summed E-state index contributed by atoms with van der Waals surface area (Å²) in [6.07, 6.45) is 1.99. The van der Waals surface area contributed by atoms with E-state index in [1.165, 1.54) is 21.8 Å². The monoisotopic (exact) mass is 402 g/mol. The quantitative estimate of drug-likeness (QED) is 0.416. The third-order valence-corrected chi connectivity index (χ3v) is 5.16. The molecule has 0 bridgehead atoms. The zero-order chi connectivity index (χ0) is 17.5. The Morgan fingerprint density at radius 1 is 0.769 bits per heavy atom. The first-order valence-corrected chi connectivity index (χ1v) is 9.22. The van der Waals surface area contributed by atoms with Crippen molar-refractivity contribution in [2.45, 2.75) is 6.54 Å². The van der Waals surface area contributed by atoms with Gasteiger partial charge in [0.15, 0.2) is 0 Å². The van der Waals surface area contributed by atoms with Gasteiger partial charge < -0.3 is 4.57 Å². The highest BCUT2D eigenvalue weighted by Gasteiger charge is 2.11. The first-order valence-electron chi connectivity index (χ1n) is 8.43. The highest BCUT2D eigenvalue weighted by Crippen LogP contribution is 2.29. The van der Waals surface area contributed by atoms with Crippen molar-refractivity contribution in [1.82, 2.24) is 19.6 Å². The highest BCUT2D eigenvalue weighted by atomic mass is 79.9. The Morgan fingerprint density at radius 2 is 1.38 bits per heavy atom. The fraction of sp³-hybridized carbons (Fsp3) is 0.0476. The van der Waals surface area contributed by atoms with Crippen molar-refractivity contribution in [3.63, 3.8) is 0 Å². The summed E-state index contributed by atoms with van der Waals surface area (Å²) in [6.45, 7) is 0.685. The Kier molecular flexibility index (Phi) is 3.60. The minimum Gasteiger partial charge on any atom is -0.334 e. The molecule has 0 atom stereocenters. The first kappa shape index (κ1) is 15.3. The molecule has 0 saturated carbocycles. The van der Waals surface area contributed by atoms with Crippen molar-refractivity contribution in [3.8, 4) is 5.69 Å². The minimum atomic E-state index is 0.685. The summed E-state index contributed by atoms with van der Waals surface area (Å²) in [6, 6.07) is 25.0. The Morgan fingerprint density at radius 3 is 2.04 bits per heavy atom. The fourth-order valence-electron chi connectivity index (χ4n) is 3.43. The molecule has 0 fully saturated rings.